The Kier molecular flexibility index (Phi) is 5.40. The number of ether oxygens (including phenoxy) is 2. The average Bonchev–Trinajstić information content (AvgIpc) is 3.11. The van der Waals surface area contributed by atoms with Gasteiger partial charge in [0.05, 0.1) is 29.4 Å². The summed E-state index contributed by atoms with van der Waals surface area (Å²) < 4.78 is 11.8. The predicted octanol–water partition coefficient (Wildman–Crippen LogP) is 3.58. The predicted molar refractivity (Wildman–Crippen MR) is 114 cm³/mol. The molecule has 31 heavy (non-hydrogen) atoms. The van der Waals surface area contributed by atoms with Crippen molar-refractivity contribution in [3.05, 3.63) is 59.8 Å². The standard InChI is InChI=1S/C22H20N4O5/c1-13-19-20(23-11-18(27)28)16-10-15(30-2)8-9-17(16)24-21(19)26(25-13)22(29)31-12-14-6-4-3-5-7-14/h3-10H,11-12H2,1-2H3,(H,23,24)(H,27,28). The van der Waals surface area contributed by atoms with Gasteiger partial charge in [-0.15, -0.1) is 4.68 Å². The zero-order valence-electron chi connectivity index (χ0n) is 17.0. The van der Waals surface area contributed by atoms with E-state index in [1.165, 1.54) is 0 Å². The Morgan fingerprint density at radius 1 is 1.16 bits per heavy atom. The summed E-state index contributed by atoms with van der Waals surface area (Å²) in [6.07, 6.45) is -0.675. The molecule has 0 fully saturated rings. The number of carboxylic acids is 1. The van der Waals surface area contributed by atoms with E-state index in [0.29, 0.717) is 33.4 Å². The SMILES string of the molecule is COc1ccc2nc3c(c(C)nn3C(=O)OCc3ccccc3)c(NCC(=O)O)c2c1. The molecule has 0 aliphatic heterocycles. The first-order valence-corrected chi connectivity index (χ1v) is 9.51. The number of hydrogen-bond acceptors (Lipinski definition) is 7. The second kappa shape index (κ2) is 8.31. The van der Waals surface area contributed by atoms with Gasteiger partial charge in [0, 0.05) is 5.39 Å². The Morgan fingerprint density at radius 2 is 1.94 bits per heavy atom. The fourth-order valence-electron chi connectivity index (χ4n) is 3.36. The van der Waals surface area contributed by atoms with Crippen LogP contribution in [-0.2, 0) is 16.1 Å². The minimum Gasteiger partial charge on any atom is -0.497 e. The number of aromatic nitrogens is 3. The van der Waals surface area contributed by atoms with E-state index in [0.717, 1.165) is 10.2 Å². The molecule has 0 aliphatic rings. The Bertz CT molecular complexity index is 1280. The minimum absolute atomic E-state index is 0.0922. The number of fused-ring (bicyclic) bond motifs is 2. The van der Waals surface area contributed by atoms with Gasteiger partial charge in [-0.3, -0.25) is 4.79 Å². The van der Waals surface area contributed by atoms with Gasteiger partial charge in [0.1, 0.15) is 18.9 Å². The number of hydrogen-bond donors (Lipinski definition) is 2. The summed E-state index contributed by atoms with van der Waals surface area (Å²) in [5.74, 6) is -0.423. The van der Waals surface area contributed by atoms with Gasteiger partial charge in [-0.2, -0.15) is 5.10 Å². The number of aliphatic carboxylic acids is 1. The summed E-state index contributed by atoms with van der Waals surface area (Å²) in [4.78, 5) is 28.5. The summed E-state index contributed by atoms with van der Waals surface area (Å²) in [6, 6.07) is 14.5. The molecule has 0 amide bonds. The Hall–Kier alpha value is -4.14. The van der Waals surface area contributed by atoms with Crippen molar-refractivity contribution in [1.29, 1.82) is 0 Å². The second-order valence-corrected chi connectivity index (χ2v) is 6.85. The quantitative estimate of drug-likeness (QED) is 0.486. The van der Waals surface area contributed by atoms with Crippen molar-refractivity contribution in [3.8, 4) is 5.75 Å². The molecule has 0 bridgehead atoms. The molecule has 158 valence electrons. The third-order valence-electron chi connectivity index (χ3n) is 4.78. The minimum atomic E-state index is -1.02. The highest BCUT2D eigenvalue weighted by Gasteiger charge is 2.22. The van der Waals surface area contributed by atoms with Crippen molar-refractivity contribution < 1.29 is 24.2 Å². The molecular formula is C22H20N4O5. The number of benzene rings is 2. The molecule has 0 spiro atoms. The molecule has 2 N–H and O–H groups in total. The van der Waals surface area contributed by atoms with E-state index in [2.05, 4.69) is 15.4 Å². The number of aryl methyl sites for hydroxylation is 1. The number of carboxylic acid groups (broad SMARTS) is 1. The van der Waals surface area contributed by atoms with Gasteiger partial charge in [0.25, 0.3) is 0 Å². The number of anilines is 1. The zero-order valence-corrected chi connectivity index (χ0v) is 17.0. The first-order valence-electron chi connectivity index (χ1n) is 9.51. The maximum Gasteiger partial charge on any atom is 0.437 e. The zero-order chi connectivity index (χ0) is 22.0. The van der Waals surface area contributed by atoms with E-state index in [4.69, 9.17) is 14.6 Å². The number of nitrogens with one attached hydrogen (secondary N) is 1. The van der Waals surface area contributed by atoms with Gasteiger partial charge in [0.15, 0.2) is 5.65 Å². The van der Waals surface area contributed by atoms with Crippen LogP contribution >= 0.6 is 0 Å². The van der Waals surface area contributed by atoms with Crippen LogP contribution in [0.15, 0.2) is 48.5 Å². The molecule has 2 heterocycles. The highest BCUT2D eigenvalue weighted by Crippen LogP contribution is 2.34. The van der Waals surface area contributed by atoms with Crippen LogP contribution in [0.3, 0.4) is 0 Å². The molecular weight excluding hydrogens is 400 g/mol. The van der Waals surface area contributed by atoms with Crippen LogP contribution < -0.4 is 10.1 Å². The molecule has 0 saturated carbocycles. The van der Waals surface area contributed by atoms with E-state index in [9.17, 15) is 9.59 Å². The molecule has 4 aromatic rings. The van der Waals surface area contributed by atoms with Crippen molar-refractivity contribution in [3.63, 3.8) is 0 Å². The number of rotatable bonds is 6. The fraction of sp³-hybridized carbons (Fsp3) is 0.182. The van der Waals surface area contributed by atoms with Gasteiger partial charge < -0.3 is 19.9 Å². The third kappa shape index (κ3) is 3.97. The number of carbonyl (C=O) groups is 2. The maximum absolute atomic E-state index is 12.8. The van der Waals surface area contributed by atoms with Crippen molar-refractivity contribution in [2.75, 3.05) is 19.0 Å². The van der Waals surface area contributed by atoms with Crippen LogP contribution in [0.4, 0.5) is 10.5 Å². The van der Waals surface area contributed by atoms with Crippen LogP contribution in [0.2, 0.25) is 0 Å². The maximum atomic E-state index is 12.8. The Balaban J connectivity index is 1.81. The molecule has 0 saturated heterocycles. The van der Waals surface area contributed by atoms with Gasteiger partial charge in [-0.25, -0.2) is 9.78 Å². The van der Waals surface area contributed by atoms with Gasteiger partial charge in [-0.1, -0.05) is 30.3 Å². The molecule has 0 atom stereocenters. The van der Waals surface area contributed by atoms with Crippen LogP contribution in [0, 0.1) is 6.92 Å². The van der Waals surface area contributed by atoms with Crippen molar-refractivity contribution in [1.82, 2.24) is 14.8 Å². The summed E-state index contributed by atoms with van der Waals surface area (Å²) >= 11 is 0. The second-order valence-electron chi connectivity index (χ2n) is 6.85. The highest BCUT2D eigenvalue weighted by molar-refractivity contribution is 6.09. The molecule has 2 aromatic heterocycles. The molecule has 4 rings (SSSR count). The Labute approximate surface area is 177 Å². The Morgan fingerprint density at radius 3 is 2.65 bits per heavy atom. The lowest BCUT2D eigenvalue weighted by molar-refractivity contribution is -0.134. The van der Waals surface area contributed by atoms with E-state index in [1.54, 1.807) is 32.2 Å². The number of methoxy groups -OCH3 is 1. The van der Waals surface area contributed by atoms with Crippen LogP contribution in [0.25, 0.3) is 21.9 Å². The highest BCUT2D eigenvalue weighted by atomic mass is 16.6. The lowest BCUT2D eigenvalue weighted by Crippen LogP contribution is -2.16. The van der Waals surface area contributed by atoms with Crippen molar-refractivity contribution >= 4 is 39.7 Å². The first-order chi connectivity index (χ1) is 15.0. The molecule has 2 aromatic carbocycles. The fourth-order valence-corrected chi connectivity index (χ4v) is 3.36. The summed E-state index contributed by atoms with van der Waals surface area (Å²) in [5, 5.41) is 17.6. The number of nitrogens with zero attached hydrogens (tertiary/aromatic N) is 3. The van der Waals surface area contributed by atoms with Gasteiger partial charge >= 0.3 is 12.1 Å². The largest absolute Gasteiger partial charge is 0.497 e. The smallest absolute Gasteiger partial charge is 0.437 e. The van der Waals surface area contributed by atoms with E-state index in [1.807, 2.05) is 30.3 Å². The summed E-state index contributed by atoms with van der Waals surface area (Å²) in [7, 11) is 1.55. The number of pyridine rings is 1. The lowest BCUT2D eigenvalue weighted by atomic mass is 10.1. The van der Waals surface area contributed by atoms with Crippen LogP contribution in [0.1, 0.15) is 11.3 Å². The summed E-state index contributed by atoms with van der Waals surface area (Å²) in [5.41, 5.74) is 2.70. The molecule has 9 heteroatoms. The molecule has 0 radical (unpaired) electrons. The van der Waals surface area contributed by atoms with Crippen molar-refractivity contribution in [2.45, 2.75) is 13.5 Å². The van der Waals surface area contributed by atoms with Crippen molar-refractivity contribution in [2.24, 2.45) is 0 Å². The number of carbonyl (C=O) groups excluding carboxylic acids is 1. The van der Waals surface area contributed by atoms with Crippen LogP contribution in [0.5, 0.6) is 5.75 Å². The van der Waals surface area contributed by atoms with Gasteiger partial charge in [0.2, 0.25) is 0 Å². The van der Waals surface area contributed by atoms with E-state index < -0.39 is 12.1 Å². The monoisotopic (exact) mass is 420 g/mol. The van der Waals surface area contributed by atoms with E-state index in [-0.39, 0.29) is 18.8 Å². The average molecular weight is 420 g/mol. The van der Waals surface area contributed by atoms with Crippen LogP contribution in [-0.4, -0.2) is 45.6 Å². The lowest BCUT2D eigenvalue weighted by Gasteiger charge is -2.12. The third-order valence-corrected chi connectivity index (χ3v) is 4.78. The molecule has 0 unspecified atom stereocenters. The topological polar surface area (TPSA) is 116 Å². The van der Waals surface area contributed by atoms with E-state index >= 15 is 0 Å². The molecule has 9 nitrogen and oxygen atoms in total. The molecule has 0 aliphatic carbocycles. The first kappa shape index (κ1) is 20.1. The normalized spacial score (nSPS) is 10.9. The summed E-state index contributed by atoms with van der Waals surface area (Å²) in [6.45, 7) is 1.51. The van der Waals surface area contributed by atoms with Gasteiger partial charge in [-0.05, 0) is 30.7 Å².